The first-order valence-corrected chi connectivity index (χ1v) is 8.05. The lowest BCUT2D eigenvalue weighted by molar-refractivity contribution is -0.120. The first-order valence-electron chi connectivity index (χ1n) is 8.05. The molecule has 0 aromatic heterocycles. The van der Waals surface area contributed by atoms with Gasteiger partial charge in [-0.05, 0) is 25.0 Å². The van der Waals surface area contributed by atoms with Crippen LogP contribution < -0.4 is 9.47 Å². The first-order chi connectivity index (χ1) is 12.4. The molecule has 1 aliphatic heterocycles. The van der Waals surface area contributed by atoms with Gasteiger partial charge in [0.25, 0.3) is 6.47 Å². The molecular weight excluding hydrogens is 338 g/mol. The minimum atomic E-state index is -1.16. The number of aryl methyl sites for hydroxylation is 2. The van der Waals surface area contributed by atoms with Gasteiger partial charge in [-0.25, -0.2) is 4.79 Å². The highest BCUT2D eigenvalue weighted by atomic mass is 16.5. The summed E-state index contributed by atoms with van der Waals surface area (Å²) >= 11 is 0. The third-order valence-corrected chi connectivity index (χ3v) is 4.42. The van der Waals surface area contributed by atoms with Crippen molar-refractivity contribution in [1.82, 2.24) is 4.90 Å². The largest absolute Gasteiger partial charge is 0.507 e. The molecule has 0 bridgehead atoms. The highest BCUT2D eigenvalue weighted by Gasteiger charge is 2.24. The number of carboxylic acids is 1. The normalized spacial score (nSPS) is 13.6. The van der Waals surface area contributed by atoms with Crippen molar-refractivity contribution in [2.75, 3.05) is 6.73 Å². The summed E-state index contributed by atoms with van der Waals surface area (Å²) in [5.41, 5.74) is 2.58. The Bertz CT molecular complexity index is 877. The molecule has 0 atom stereocenters. The Morgan fingerprint density at radius 3 is 2.69 bits per heavy atom. The van der Waals surface area contributed by atoms with Gasteiger partial charge in [-0.1, -0.05) is 24.3 Å². The number of carboxylic acid groups (broad SMARTS) is 1. The Hall–Kier alpha value is -3.06. The lowest BCUT2D eigenvalue weighted by atomic mass is 10.0. The highest BCUT2D eigenvalue weighted by molar-refractivity contribution is 5.93. The molecule has 0 radical (unpaired) electrons. The highest BCUT2D eigenvalue weighted by Crippen LogP contribution is 2.38. The Morgan fingerprint density at radius 2 is 2.00 bits per heavy atom. The third-order valence-electron chi connectivity index (χ3n) is 4.42. The number of fused-ring (bicyclic) bond motifs is 1. The van der Waals surface area contributed by atoms with E-state index in [1.165, 1.54) is 0 Å². The Kier molecular flexibility index (Phi) is 4.81. The number of nitrogens with zero attached hydrogens (tertiary/aromatic N) is 1. The summed E-state index contributed by atoms with van der Waals surface area (Å²) in [6.45, 7) is 4.90. The molecule has 2 aromatic rings. The van der Waals surface area contributed by atoms with Crippen molar-refractivity contribution in [3.8, 4) is 17.2 Å². The van der Waals surface area contributed by atoms with Gasteiger partial charge in [0.1, 0.15) is 18.0 Å². The maximum Gasteiger partial charge on any atom is 0.339 e. The molecule has 7 heteroatoms. The number of hydrogen-bond donors (Lipinski definition) is 2. The molecule has 0 unspecified atom stereocenters. The molecule has 0 saturated heterocycles. The molecule has 26 heavy (non-hydrogen) atoms. The fourth-order valence-corrected chi connectivity index (χ4v) is 3.10. The quantitative estimate of drug-likeness (QED) is 0.794. The molecule has 1 heterocycles. The van der Waals surface area contributed by atoms with Crippen molar-refractivity contribution in [1.29, 1.82) is 0 Å². The maximum absolute atomic E-state index is 11.3. The van der Waals surface area contributed by atoms with E-state index in [9.17, 15) is 19.8 Å². The van der Waals surface area contributed by atoms with Crippen LogP contribution in [0.5, 0.6) is 17.2 Å². The van der Waals surface area contributed by atoms with Crippen LogP contribution in [-0.2, 0) is 17.9 Å². The van der Waals surface area contributed by atoms with Gasteiger partial charge < -0.3 is 19.7 Å². The van der Waals surface area contributed by atoms with Crippen LogP contribution in [0.4, 0.5) is 0 Å². The second-order valence-electron chi connectivity index (χ2n) is 6.24. The molecule has 136 valence electrons. The van der Waals surface area contributed by atoms with Crippen molar-refractivity contribution in [3.05, 3.63) is 52.1 Å². The number of phenols is 1. The van der Waals surface area contributed by atoms with Crippen LogP contribution in [0.3, 0.4) is 0 Å². The van der Waals surface area contributed by atoms with Crippen LogP contribution in [0.25, 0.3) is 0 Å². The van der Waals surface area contributed by atoms with Crippen molar-refractivity contribution in [3.63, 3.8) is 0 Å². The van der Waals surface area contributed by atoms with Crippen molar-refractivity contribution in [2.45, 2.75) is 26.9 Å². The smallest absolute Gasteiger partial charge is 0.339 e. The molecule has 0 aliphatic carbocycles. The average Bonchev–Trinajstić information content (AvgIpc) is 2.60. The second kappa shape index (κ2) is 7.05. The van der Waals surface area contributed by atoms with E-state index in [0.29, 0.717) is 42.2 Å². The van der Waals surface area contributed by atoms with E-state index in [4.69, 9.17) is 9.47 Å². The molecule has 2 N–H and O–H groups in total. The van der Waals surface area contributed by atoms with Crippen molar-refractivity contribution >= 4 is 12.4 Å². The summed E-state index contributed by atoms with van der Waals surface area (Å²) in [6, 6.07) is 7.13. The summed E-state index contributed by atoms with van der Waals surface area (Å²) in [4.78, 5) is 24.0. The molecule has 1 aliphatic rings. The summed E-state index contributed by atoms with van der Waals surface area (Å²) in [7, 11) is 0. The van der Waals surface area contributed by atoms with E-state index < -0.39 is 5.97 Å². The van der Waals surface area contributed by atoms with E-state index in [1.54, 1.807) is 19.1 Å². The van der Waals surface area contributed by atoms with Gasteiger partial charge in [0.2, 0.25) is 0 Å². The van der Waals surface area contributed by atoms with Gasteiger partial charge in [0.05, 0.1) is 0 Å². The van der Waals surface area contributed by atoms with Crippen LogP contribution in [0.2, 0.25) is 0 Å². The summed E-state index contributed by atoms with van der Waals surface area (Å²) in [5.74, 6) is -0.443. The zero-order valence-electron chi connectivity index (χ0n) is 14.5. The van der Waals surface area contributed by atoms with Gasteiger partial charge in [0, 0.05) is 24.2 Å². The second-order valence-corrected chi connectivity index (χ2v) is 6.24. The number of carbonyl (C=O) groups excluding carboxylic acids is 1. The topological polar surface area (TPSA) is 96.3 Å². The van der Waals surface area contributed by atoms with E-state index in [-0.39, 0.29) is 18.0 Å². The molecular formula is C19H19NO6. The van der Waals surface area contributed by atoms with Gasteiger partial charge in [-0.2, -0.15) is 0 Å². The summed E-state index contributed by atoms with van der Waals surface area (Å²) in [5, 5.41) is 19.6. The van der Waals surface area contributed by atoms with Crippen LogP contribution in [0.15, 0.2) is 24.3 Å². The molecule has 7 nitrogen and oxygen atoms in total. The zero-order valence-corrected chi connectivity index (χ0v) is 14.5. The number of aromatic hydroxyl groups is 1. The number of ether oxygens (including phenoxy) is 2. The van der Waals surface area contributed by atoms with E-state index in [2.05, 4.69) is 0 Å². The number of rotatable bonds is 5. The third kappa shape index (κ3) is 3.21. The van der Waals surface area contributed by atoms with Gasteiger partial charge >= 0.3 is 5.97 Å². The first kappa shape index (κ1) is 17.8. The molecule has 0 amide bonds. The zero-order chi connectivity index (χ0) is 18.8. The Labute approximate surface area is 150 Å². The van der Waals surface area contributed by atoms with Gasteiger partial charge in [0.15, 0.2) is 11.5 Å². The summed E-state index contributed by atoms with van der Waals surface area (Å²) < 4.78 is 10.8. The number of hydrogen-bond acceptors (Lipinski definition) is 6. The number of benzene rings is 2. The number of aromatic carboxylic acids is 1. The molecule has 2 aromatic carbocycles. The molecule has 0 spiro atoms. The van der Waals surface area contributed by atoms with Crippen LogP contribution >= 0.6 is 0 Å². The maximum atomic E-state index is 11.3. The van der Waals surface area contributed by atoms with Crippen molar-refractivity contribution < 1.29 is 29.3 Å². The lowest BCUT2D eigenvalue weighted by Crippen LogP contribution is -2.32. The minimum absolute atomic E-state index is 0.0851. The van der Waals surface area contributed by atoms with E-state index in [1.807, 2.05) is 24.0 Å². The van der Waals surface area contributed by atoms with Gasteiger partial charge in [-0.15, -0.1) is 0 Å². The molecule has 0 saturated carbocycles. The van der Waals surface area contributed by atoms with Crippen molar-refractivity contribution in [2.24, 2.45) is 0 Å². The van der Waals surface area contributed by atoms with E-state index in [0.717, 1.165) is 11.1 Å². The summed E-state index contributed by atoms with van der Waals surface area (Å²) in [6.07, 6.45) is 0. The van der Waals surface area contributed by atoms with Gasteiger partial charge in [-0.3, -0.25) is 9.69 Å². The Morgan fingerprint density at radius 1 is 1.27 bits per heavy atom. The standard InChI is InChI=1S/C19H19NO6/c1-11-3-5-13(16(22)15(11)19(23)24)7-20-8-14-6-4-12(2)17(26-10-21)18(14)25-9-20/h3-6,10,22H,7-9H2,1-2H3,(H,23,24). The van der Waals surface area contributed by atoms with Crippen LogP contribution in [-0.4, -0.2) is 34.3 Å². The van der Waals surface area contributed by atoms with E-state index >= 15 is 0 Å². The monoisotopic (exact) mass is 357 g/mol. The predicted octanol–water partition coefficient (Wildman–Crippen LogP) is 2.59. The Balaban J connectivity index is 1.85. The molecule has 0 fully saturated rings. The van der Waals surface area contributed by atoms with Crippen LogP contribution in [0.1, 0.15) is 32.6 Å². The molecule has 3 rings (SSSR count). The lowest BCUT2D eigenvalue weighted by Gasteiger charge is -2.30. The fourth-order valence-electron chi connectivity index (χ4n) is 3.10. The predicted molar refractivity (Wildman–Crippen MR) is 92.4 cm³/mol. The average molecular weight is 357 g/mol. The SMILES string of the molecule is Cc1ccc2c(c1OC=O)OCN(Cc1ccc(C)c(C(=O)O)c1O)C2. The minimum Gasteiger partial charge on any atom is -0.507 e. The fraction of sp³-hybridized carbons (Fsp3) is 0.263. The van der Waals surface area contributed by atoms with Crippen LogP contribution in [0, 0.1) is 13.8 Å². The number of carbonyl (C=O) groups is 2.